The van der Waals surface area contributed by atoms with Crippen LogP contribution in [-0.2, 0) is 14.8 Å². The Morgan fingerprint density at radius 2 is 2.20 bits per heavy atom. The molecule has 0 unspecified atom stereocenters. The lowest BCUT2D eigenvalue weighted by molar-refractivity contribution is 0.163. The molecule has 7 heteroatoms. The molecule has 0 aromatic heterocycles. The van der Waals surface area contributed by atoms with Gasteiger partial charge in [-0.2, -0.15) is 0 Å². The summed E-state index contributed by atoms with van der Waals surface area (Å²) in [6.45, 7) is 2.42. The van der Waals surface area contributed by atoms with Crippen molar-refractivity contribution < 1.29 is 17.5 Å². The van der Waals surface area contributed by atoms with Crippen molar-refractivity contribution in [1.82, 2.24) is 0 Å². The van der Waals surface area contributed by atoms with Crippen molar-refractivity contribution in [3.63, 3.8) is 0 Å². The monoisotopic (exact) mass is 300 g/mol. The van der Waals surface area contributed by atoms with Gasteiger partial charge in [-0.15, -0.1) is 0 Å². The maximum Gasteiger partial charge on any atom is 0.235 e. The zero-order chi connectivity index (χ0) is 15.0. The average Bonchev–Trinajstić information content (AvgIpc) is 2.39. The van der Waals surface area contributed by atoms with E-state index in [9.17, 15) is 12.8 Å². The number of sulfonamides is 1. The molecule has 0 spiro atoms. The third kappa shape index (κ3) is 5.57. The van der Waals surface area contributed by atoms with Crippen LogP contribution in [0.25, 0.3) is 0 Å². The van der Waals surface area contributed by atoms with E-state index in [4.69, 9.17) is 10.5 Å². The Morgan fingerprint density at radius 1 is 1.45 bits per heavy atom. The first-order chi connectivity index (χ1) is 9.48. The predicted octanol–water partition coefficient (Wildman–Crippen LogP) is 0.914. The van der Waals surface area contributed by atoms with E-state index in [-0.39, 0.29) is 30.2 Å². The highest BCUT2D eigenvalue weighted by atomic mass is 32.2. The van der Waals surface area contributed by atoms with Gasteiger partial charge in [0, 0.05) is 6.61 Å². The fourth-order valence-corrected chi connectivity index (χ4v) is 2.34. The molecule has 0 aliphatic carbocycles. The van der Waals surface area contributed by atoms with Crippen LogP contribution < -0.4 is 10.5 Å². The second-order valence-electron chi connectivity index (χ2n) is 3.81. The van der Waals surface area contributed by atoms with E-state index < -0.39 is 15.8 Å². The van der Waals surface area contributed by atoms with Crippen LogP contribution in [0.3, 0.4) is 0 Å². The largest absolute Gasteiger partial charge is 0.381 e. The van der Waals surface area contributed by atoms with Gasteiger partial charge in [-0.3, -0.25) is 4.72 Å². The first-order valence-electron chi connectivity index (χ1n) is 6.05. The number of nitrogens with one attached hydrogen (secondary N) is 1. The Bertz CT molecular complexity index is 606. The van der Waals surface area contributed by atoms with E-state index in [1.54, 1.807) is 6.92 Å². The molecule has 5 nitrogen and oxygen atoms in total. The number of halogens is 1. The van der Waals surface area contributed by atoms with Gasteiger partial charge in [-0.25, -0.2) is 12.8 Å². The fraction of sp³-hybridized carbons (Fsp3) is 0.385. The Morgan fingerprint density at radius 3 is 2.85 bits per heavy atom. The van der Waals surface area contributed by atoms with Crippen molar-refractivity contribution in [2.75, 3.05) is 30.2 Å². The van der Waals surface area contributed by atoms with Crippen LogP contribution >= 0.6 is 0 Å². The first kappa shape index (κ1) is 16.4. The number of hydrogen-bond acceptors (Lipinski definition) is 4. The van der Waals surface area contributed by atoms with Crippen molar-refractivity contribution in [2.45, 2.75) is 6.92 Å². The topological polar surface area (TPSA) is 81.4 Å². The van der Waals surface area contributed by atoms with Crippen molar-refractivity contribution in [3.8, 4) is 11.8 Å². The summed E-state index contributed by atoms with van der Waals surface area (Å²) in [7, 11) is -3.56. The lowest BCUT2D eigenvalue weighted by Crippen LogP contribution is -2.20. The molecule has 0 saturated heterocycles. The molecule has 0 fully saturated rings. The van der Waals surface area contributed by atoms with Crippen LogP contribution in [-0.4, -0.2) is 33.9 Å². The van der Waals surface area contributed by atoms with Gasteiger partial charge in [-0.1, -0.05) is 11.8 Å². The number of anilines is 1. The van der Waals surface area contributed by atoms with Gasteiger partial charge in [0.2, 0.25) is 10.0 Å². The molecule has 110 valence electrons. The van der Waals surface area contributed by atoms with E-state index >= 15 is 0 Å². The van der Waals surface area contributed by atoms with Crippen molar-refractivity contribution in [3.05, 3.63) is 29.6 Å². The lowest BCUT2D eigenvalue weighted by Gasteiger charge is -2.10. The normalized spacial score (nSPS) is 10.8. The van der Waals surface area contributed by atoms with Crippen LogP contribution in [0.1, 0.15) is 12.5 Å². The SMILES string of the molecule is CCOCCS(=O)(=O)Nc1ccc(F)cc1C#CCN. The van der Waals surface area contributed by atoms with Crippen molar-refractivity contribution >= 4 is 15.7 Å². The maximum atomic E-state index is 13.2. The van der Waals surface area contributed by atoms with Crippen LogP contribution in [0.15, 0.2) is 18.2 Å². The number of nitrogens with two attached hydrogens (primary N) is 1. The third-order valence-electron chi connectivity index (χ3n) is 2.27. The van der Waals surface area contributed by atoms with Gasteiger partial charge in [-0.05, 0) is 25.1 Å². The number of benzene rings is 1. The summed E-state index contributed by atoms with van der Waals surface area (Å²) in [5, 5.41) is 0. The van der Waals surface area contributed by atoms with Crippen LogP contribution in [0.2, 0.25) is 0 Å². The summed E-state index contributed by atoms with van der Waals surface area (Å²) in [6, 6.07) is 3.64. The number of ether oxygens (including phenoxy) is 1. The minimum Gasteiger partial charge on any atom is -0.381 e. The molecule has 0 radical (unpaired) electrons. The van der Waals surface area contributed by atoms with E-state index in [0.717, 1.165) is 12.1 Å². The van der Waals surface area contributed by atoms with Crippen molar-refractivity contribution in [2.24, 2.45) is 5.73 Å². The van der Waals surface area contributed by atoms with E-state index in [1.165, 1.54) is 6.07 Å². The molecular weight excluding hydrogens is 283 g/mol. The summed E-state index contributed by atoms with van der Waals surface area (Å²) in [4.78, 5) is 0. The molecule has 3 N–H and O–H groups in total. The Balaban J connectivity index is 2.91. The molecule has 1 aromatic rings. The van der Waals surface area contributed by atoms with Gasteiger partial charge in [0.15, 0.2) is 0 Å². The van der Waals surface area contributed by atoms with Crippen LogP contribution in [0.4, 0.5) is 10.1 Å². The maximum absolute atomic E-state index is 13.2. The quantitative estimate of drug-likeness (QED) is 0.604. The first-order valence-corrected chi connectivity index (χ1v) is 7.70. The van der Waals surface area contributed by atoms with E-state index in [1.807, 2.05) is 0 Å². The standard InChI is InChI=1S/C13H17FN2O3S/c1-2-19-8-9-20(17,18)16-13-6-5-12(14)10-11(13)4-3-7-15/h5-6,10,16H,2,7-9,15H2,1H3. The highest BCUT2D eigenvalue weighted by Gasteiger charge is 2.12. The summed E-state index contributed by atoms with van der Waals surface area (Å²) < 4.78 is 44.2. The molecule has 0 amide bonds. The third-order valence-corrected chi connectivity index (χ3v) is 3.51. The molecule has 0 aliphatic heterocycles. The average molecular weight is 300 g/mol. The fourth-order valence-electron chi connectivity index (χ4n) is 1.39. The minimum atomic E-state index is -3.56. The molecule has 20 heavy (non-hydrogen) atoms. The Kier molecular flexibility index (Phi) is 6.45. The minimum absolute atomic E-state index is 0.0941. The molecule has 1 aromatic carbocycles. The summed E-state index contributed by atoms with van der Waals surface area (Å²) in [5.41, 5.74) is 5.72. The predicted molar refractivity (Wildman–Crippen MR) is 76.2 cm³/mol. The molecule has 0 bridgehead atoms. The molecule has 0 saturated carbocycles. The van der Waals surface area contributed by atoms with Crippen LogP contribution in [0, 0.1) is 17.7 Å². The second-order valence-corrected chi connectivity index (χ2v) is 5.66. The molecule has 0 heterocycles. The van der Waals surface area contributed by atoms with Gasteiger partial charge >= 0.3 is 0 Å². The van der Waals surface area contributed by atoms with E-state index in [0.29, 0.717) is 6.61 Å². The van der Waals surface area contributed by atoms with E-state index in [2.05, 4.69) is 16.6 Å². The summed E-state index contributed by atoms with van der Waals surface area (Å²) >= 11 is 0. The molecule has 0 aliphatic rings. The highest BCUT2D eigenvalue weighted by molar-refractivity contribution is 7.92. The second kappa shape index (κ2) is 7.85. The molecule has 0 atom stereocenters. The van der Waals surface area contributed by atoms with Crippen molar-refractivity contribution in [1.29, 1.82) is 0 Å². The zero-order valence-electron chi connectivity index (χ0n) is 11.1. The number of hydrogen-bond donors (Lipinski definition) is 2. The highest BCUT2D eigenvalue weighted by Crippen LogP contribution is 2.17. The van der Waals surface area contributed by atoms with Gasteiger partial charge in [0.05, 0.1) is 30.2 Å². The van der Waals surface area contributed by atoms with Gasteiger partial charge in [0.25, 0.3) is 0 Å². The number of rotatable bonds is 6. The Hall–Kier alpha value is -1.62. The summed E-state index contributed by atoms with van der Waals surface area (Å²) in [5.74, 6) is 4.52. The molecule has 1 rings (SSSR count). The van der Waals surface area contributed by atoms with Gasteiger partial charge in [0.1, 0.15) is 5.82 Å². The summed E-state index contributed by atoms with van der Waals surface area (Å²) in [6.07, 6.45) is 0. The lowest BCUT2D eigenvalue weighted by atomic mass is 10.2. The molecular formula is C13H17FN2O3S. The smallest absolute Gasteiger partial charge is 0.235 e. The van der Waals surface area contributed by atoms with Gasteiger partial charge < -0.3 is 10.5 Å². The Labute approximate surface area is 118 Å². The van der Waals surface area contributed by atoms with Crippen LogP contribution in [0.5, 0.6) is 0 Å². The zero-order valence-corrected chi connectivity index (χ0v) is 12.0.